The van der Waals surface area contributed by atoms with E-state index in [9.17, 15) is 8.42 Å². The van der Waals surface area contributed by atoms with E-state index in [1.165, 1.54) is 0 Å². The smallest absolute Gasteiger partial charge is 0.213 e. The molecule has 3 heterocycles. The molecule has 0 aliphatic carbocycles. The van der Waals surface area contributed by atoms with Crippen LogP contribution >= 0.6 is 0 Å². The van der Waals surface area contributed by atoms with Gasteiger partial charge in [-0.25, -0.2) is 12.7 Å². The number of rotatable bonds is 5. The third kappa shape index (κ3) is 4.09. The van der Waals surface area contributed by atoms with Gasteiger partial charge in [-0.15, -0.1) is 0 Å². The third-order valence-corrected chi connectivity index (χ3v) is 8.58. The summed E-state index contributed by atoms with van der Waals surface area (Å²) in [5.74, 6) is 0.157. The highest BCUT2D eigenvalue weighted by atomic mass is 32.2. The summed E-state index contributed by atoms with van der Waals surface area (Å²) in [6.07, 6.45) is 5.28. The van der Waals surface area contributed by atoms with Crippen LogP contribution in [0.5, 0.6) is 0 Å². The van der Waals surface area contributed by atoms with Gasteiger partial charge in [-0.2, -0.15) is 5.10 Å². The zero-order valence-electron chi connectivity index (χ0n) is 19.2. The van der Waals surface area contributed by atoms with E-state index in [0.29, 0.717) is 13.1 Å². The molecular formula is C25H29N5O2S. The first-order valence-corrected chi connectivity index (χ1v) is 13.0. The van der Waals surface area contributed by atoms with E-state index in [1.807, 2.05) is 37.1 Å². The maximum atomic E-state index is 12.2. The van der Waals surface area contributed by atoms with Gasteiger partial charge in [-0.3, -0.25) is 9.67 Å². The molecule has 0 radical (unpaired) electrons. The molecule has 5 rings (SSSR count). The molecular weight excluding hydrogens is 434 g/mol. The molecule has 1 fully saturated rings. The lowest BCUT2D eigenvalue weighted by Gasteiger charge is -2.32. The predicted octanol–water partition coefficient (Wildman–Crippen LogP) is 4.32. The molecule has 172 valence electrons. The van der Waals surface area contributed by atoms with Crippen molar-refractivity contribution < 1.29 is 8.42 Å². The number of sulfonamides is 1. The number of hydrogen-bond acceptors (Lipinski definition) is 5. The molecule has 1 aliphatic rings. The van der Waals surface area contributed by atoms with Crippen molar-refractivity contribution in [1.82, 2.24) is 19.1 Å². The van der Waals surface area contributed by atoms with Gasteiger partial charge in [0.15, 0.2) is 0 Å². The van der Waals surface area contributed by atoms with Crippen molar-refractivity contribution in [3.63, 3.8) is 0 Å². The van der Waals surface area contributed by atoms with Crippen molar-refractivity contribution in [2.75, 3.05) is 24.2 Å². The Balaban J connectivity index is 1.48. The van der Waals surface area contributed by atoms with Gasteiger partial charge in [0, 0.05) is 55.0 Å². The van der Waals surface area contributed by atoms with Gasteiger partial charge in [0.05, 0.1) is 17.0 Å². The Kier molecular flexibility index (Phi) is 5.58. The Morgan fingerprint density at radius 2 is 1.85 bits per heavy atom. The Morgan fingerprint density at radius 3 is 2.61 bits per heavy atom. The van der Waals surface area contributed by atoms with E-state index < -0.39 is 10.0 Å². The van der Waals surface area contributed by atoms with Crippen LogP contribution in [0, 0.1) is 6.92 Å². The van der Waals surface area contributed by atoms with Gasteiger partial charge in [0.25, 0.3) is 0 Å². The van der Waals surface area contributed by atoms with Crippen molar-refractivity contribution in [2.24, 2.45) is 7.05 Å². The second-order valence-corrected chi connectivity index (χ2v) is 11.0. The Bertz CT molecular complexity index is 1440. The second kappa shape index (κ2) is 8.43. The molecule has 0 atom stereocenters. The minimum absolute atomic E-state index is 0.157. The van der Waals surface area contributed by atoms with Crippen LogP contribution in [-0.2, 0) is 17.1 Å². The van der Waals surface area contributed by atoms with E-state index in [4.69, 9.17) is 0 Å². The van der Waals surface area contributed by atoms with Crippen LogP contribution in [0.4, 0.5) is 5.69 Å². The van der Waals surface area contributed by atoms with Crippen LogP contribution in [0.1, 0.15) is 25.5 Å². The van der Waals surface area contributed by atoms with Crippen molar-refractivity contribution in [2.45, 2.75) is 32.7 Å². The van der Waals surface area contributed by atoms with Crippen LogP contribution < -0.4 is 5.32 Å². The van der Waals surface area contributed by atoms with Crippen molar-refractivity contribution in [3.05, 3.63) is 54.5 Å². The minimum Gasteiger partial charge on any atom is -0.382 e. The first-order valence-electron chi connectivity index (χ1n) is 11.4. The number of nitrogens with one attached hydrogen (secondary N) is 1. The summed E-state index contributed by atoms with van der Waals surface area (Å²) in [5.41, 5.74) is 5.45. The molecule has 0 unspecified atom stereocenters. The van der Waals surface area contributed by atoms with E-state index in [2.05, 4.69) is 45.7 Å². The summed E-state index contributed by atoms with van der Waals surface area (Å²) in [5, 5.41) is 11.6. The highest BCUT2D eigenvalue weighted by molar-refractivity contribution is 7.89. The molecule has 4 aromatic rings. The average Bonchev–Trinajstić information content (AvgIpc) is 3.12. The number of nitrogens with zero attached hydrogens (tertiary/aromatic N) is 4. The lowest BCUT2D eigenvalue weighted by molar-refractivity contribution is 0.330. The highest BCUT2D eigenvalue weighted by Crippen LogP contribution is 2.34. The standard InChI is InChI=1S/C25H29N5O2S/c1-4-33(31,32)30-11-8-21(9-12-30)27-24-15-20(13-19-7-10-26-16-23(19)24)18-5-6-25-22(14-18)17(2)28-29(25)3/h5-7,10,13-16,21,27H,4,8-9,11-12H2,1-3H3. The van der Waals surface area contributed by atoms with E-state index in [1.54, 1.807) is 11.2 Å². The van der Waals surface area contributed by atoms with Crippen LogP contribution in [0.3, 0.4) is 0 Å². The Labute approximate surface area is 194 Å². The lowest BCUT2D eigenvalue weighted by atomic mass is 9.98. The van der Waals surface area contributed by atoms with Gasteiger partial charge in [0.1, 0.15) is 0 Å². The molecule has 0 bridgehead atoms. The number of benzene rings is 2. The maximum Gasteiger partial charge on any atom is 0.213 e. The quantitative estimate of drug-likeness (QED) is 0.477. The molecule has 0 amide bonds. The SMILES string of the molecule is CCS(=O)(=O)N1CCC(Nc2cc(-c3ccc4c(c3)c(C)nn4C)cc3ccncc23)CC1. The third-order valence-electron chi connectivity index (χ3n) is 6.70. The highest BCUT2D eigenvalue weighted by Gasteiger charge is 2.27. The van der Waals surface area contributed by atoms with Crippen molar-refractivity contribution in [3.8, 4) is 11.1 Å². The number of pyridine rings is 1. The predicted molar refractivity (Wildman–Crippen MR) is 134 cm³/mol. The van der Waals surface area contributed by atoms with Crippen LogP contribution in [-0.4, -0.2) is 52.4 Å². The lowest BCUT2D eigenvalue weighted by Crippen LogP contribution is -2.42. The van der Waals surface area contributed by atoms with E-state index in [-0.39, 0.29) is 11.8 Å². The molecule has 0 spiro atoms. The number of anilines is 1. The summed E-state index contributed by atoms with van der Waals surface area (Å²) in [7, 11) is -1.16. The molecule has 2 aromatic heterocycles. The number of aryl methyl sites for hydroxylation is 2. The zero-order chi connectivity index (χ0) is 23.2. The molecule has 2 aromatic carbocycles. The molecule has 0 saturated carbocycles. The second-order valence-electron chi connectivity index (χ2n) is 8.78. The summed E-state index contributed by atoms with van der Waals surface area (Å²) < 4.78 is 27.9. The first-order chi connectivity index (χ1) is 15.9. The van der Waals surface area contributed by atoms with Gasteiger partial charge in [-0.1, -0.05) is 6.07 Å². The summed E-state index contributed by atoms with van der Waals surface area (Å²) in [6.45, 7) is 4.85. The first kappa shape index (κ1) is 21.9. The summed E-state index contributed by atoms with van der Waals surface area (Å²) >= 11 is 0. The zero-order valence-corrected chi connectivity index (χ0v) is 20.1. The molecule has 1 aliphatic heterocycles. The Morgan fingerprint density at radius 1 is 1.06 bits per heavy atom. The fraction of sp³-hybridized carbons (Fsp3) is 0.360. The fourth-order valence-electron chi connectivity index (χ4n) is 4.79. The normalized spacial score (nSPS) is 16.0. The van der Waals surface area contributed by atoms with Gasteiger partial charge in [-0.05, 0) is 73.5 Å². The van der Waals surface area contributed by atoms with Gasteiger partial charge in [0.2, 0.25) is 10.0 Å². The molecule has 1 N–H and O–H groups in total. The van der Waals surface area contributed by atoms with E-state index >= 15 is 0 Å². The molecule has 1 saturated heterocycles. The topological polar surface area (TPSA) is 80.1 Å². The summed E-state index contributed by atoms with van der Waals surface area (Å²) in [4.78, 5) is 4.34. The van der Waals surface area contributed by atoms with Gasteiger partial charge < -0.3 is 5.32 Å². The van der Waals surface area contributed by atoms with Crippen LogP contribution in [0.25, 0.3) is 32.8 Å². The minimum atomic E-state index is -3.13. The average molecular weight is 464 g/mol. The molecule has 8 heteroatoms. The molecule has 7 nitrogen and oxygen atoms in total. The van der Waals surface area contributed by atoms with Crippen molar-refractivity contribution >= 4 is 37.4 Å². The fourth-order valence-corrected chi connectivity index (χ4v) is 5.92. The van der Waals surface area contributed by atoms with Gasteiger partial charge >= 0.3 is 0 Å². The molecule has 33 heavy (non-hydrogen) atoms. The van der Waals surface area contributed by atoms with Crippen molar-refractivity contribution in [1.29, 1.82) is 0 Å². The monoisotopic (exact) mass is 463 g/mol. The van der Waals surface area contributed by atoms with Crippen LogP contribution in [0.2, 0.25) is 0 Å². The van der Waals surface area contributed by atoms with E-state index in [0.717, 1.165) is 57.0 Å². The number of aromatic nitrogens is 3. The number of piperidine rings is 1. The Hall–Kier alpha value is -2.97. The summed E-state index contributed by atoms with van der Waals surface area (Å²) in [6, 6.07) is 13.1. The number of fused-ring (bicyclic) bond motifs is 2. The maximum absolute atomic E-state index is 12.2. The number of hydrogen-bond donors (Lipinski definition) is 1. The van der Waals surface area contributed by atoms with Crippen LogP contribution in [0.15, 0.2) is 48.8 Å². The largest absolute Gasteiger partial charge is 0.382 e.